The van der Waals surface area contributed by atoms with Gasteiger partial charge in [-0.1, -0.05) is 41.9 Å². The number of alkyl halides is 1. The number of benzene rings is 1. The monoisotopic (exact) mass is 446 g/mol. The van der Waals surface area contributed by atoms with Gasteiger partial charge in [0.15, 0.2) is 11.0 Å². The van der Waals surface area contributed by atoms with Gasteiger partial charge in [-0.15, -0.1) is 0 Å². The molecule has 0 radical (unpaired) electrons. The van der Waals surface area contributed by atoms with Gasteiger partial charge in [0.05, 0.1) is 10.9 Å². The highest BCUT2D eigenvalue weighted by Gasteiger charge is 2.49. The Labute approximate surface area is 183 Å². The minimum absolute atomic E-state index is 0.0244. The number of halogens is 3. The van der Waals surface area contributed by atoms with Crippen molar-refractivity contribution in [3.63, 3.8) is 0 Å². The third kappa shape index (κ3) is 3.90. The van der Waals surface area contributed by atoms with Crippen LogP contribution in [0.2, 0.25) is 5.15 Å². The van der Waals surface area contributed by atoms with Crippen molar-refractivity contribution in [3.05, 3.63) is 53.1 Å². The second kappa shape index (κ2) is 8.16. The van der Waals surface area contributed by atoms with Gasteiger partial charge in [0, 0.05) is 19.2 Å². The van der Waals surface area contributed by atoms with Crippen LogP contribution in [0, 0.1) is 5.82 Å². The SMILES string of the molecule is Fc1c(Cl)ncc2c(OCc3ccccc3)nc(OC[C@]34CCCN3C[C@H](F)C4)nc12. The van der Waals surface area contributed by atoms with Crippen LogP contribution >= 0.6 is 11.6 Å². The van der Waals surface area contributed by atoms with E-state index >= 15 is 0 Å². The Morgan fingerprint density at radius 3 is 2.87 bits per heavy atom. The highest BCUT2D eigenvalue weighted by molar-refractivity contribution is 6.30. The Morgan fingerprint density at radius 1 is 1.19 bits per heavy atom. The van der Waals surface area contributed by atoms with Crippen LogP contribution in [0.25, 0.3) is 10.9 Å². The molecular weight excluding hydrogens is 426 g/mol. The molecule has 6 nitrogen and oxygen atoms in total. The van der Waals surface area contributed by atoms with Crippen LogP contribution in [0.15, 0.2) is 36.5 Å². The van der Waals surface area contributed by atoms with Gasteiger partial charge in [-0.05, 0) is 24.9 Å². The Balaban J connectivity index is 1.44. The van der Waals surface area contributed by atoms with Crippen molar-refractivity contribution in [2.75, 3.05) is 19.7 Å². The molecule has 0 aliphatic carbocycles. The van der Waals surface area contributed by atoms with Gasteiger partial charge in [0.2, 0.25) is 5.88 Å². The summed E-state index contributed by atoms with van der Waals surface area (Å²) in [6, 6.07) is 9.51. The summed E-state index contributed by atoms with van der Waals surface area (Å²) in [5.41, 5.74) is 0.542. The maximum Gasteiger partial charge on any atom is 0.320 e. The lowest BCUT2D eigenvalue weighted by molar-refractivity contribution is 0.106. The third-order valence-electron chi connectivity index (χ3n) is 6.04. The molecule has 3 aromatic rings. The number of hydrogen-bond donors (Lipinski definition) is 0. The van der Waals surface area contributed by atoms with Gasteiger partial charge in [-0.2, -0.15) is 9.97 Å². The summed E-state index contributed by atoms with van der Waals surface area (Å²) in [6.45, 7) is 1.74. The number of fused-ring (bicyclic) bond motifs is 2. The van der Waals surface area contributed by atoms with Crippen molar-refractivity contribution < 1.29 is 18.3 Å². The molecule has 0 saturated carbocycles. The van der Waals surface area contributed by atoms with Gasteiger partial charge in [-0.3, -0.25) is 4.90 Å². The first-order valence-corrected chi connectivity index (χ1v) is 10.6. The summed E-state index contributed by atoms with van der Waals surface area (Å²) in [5.74, 6) is -0.608. The molecule has 1 aromatic carbocycles. The van der Waals surface area contributed by atoms with Crippen molar-refractivity contribution >= 4 is 22.5 Å². The molecule has 31 heavy (non-hydrogen) atoms. The Kier molecular flexibility index (Phi) is 5.35. The molecule has 0 bridgehead atoms. The maximum absolute atomic E-state index is 14.7. The molecule has 2 aromatic heterocycles. The van der Waals surface area contributed by atoms with Crippen LogP contribution in [-0.4, -0.2) is 51.3 Å². The van der Waals surface area contributed by atoms with Gasteiger partial charge in [0.1, 0.15) is 24.9 Å². The van der Waals surface area contributed by atoms with Crippen molar-refractivity contribution in [2.24, 2.45) is 0 Å². The van der Waals surface area contributed by atoms with Crippen LogP contribution < -0.4 is 9.47 Å². The summed E-state index contributed by atoms with van der Waals surface area (Å²) in [4.78, 5) is 14.6. The highest BCUT2D eigenvalue weighted by atomic mass is 35.5. The van der Waals surface area contributed by atoms with Crippen molar-refractivity contribution in [3.8, 4) is 11.9 Å². The Morgan fingerprint density at radius 2 is 2.03 bits per heavy atom. The second-order valence-corrected chi connectivity index (χ2v) is 8.43. The van der Waals surface area contributed by atoms with Crippen LogP contribution in [0.1, 0.15) is 24.8 Å². The predicted octanol–water partition coefficient (Wildman–Crippen LogP) is 4.35. The summed E-state index contributed by atoms with van der Waals surface area (Å²) < 4.78 is 40.5. The summed E-state index contributed by atoms with van der Waals surface area (Å²) in [7, 11) is 0. The van der Waals surface area contributed by atoms with E-state index in [0.717, 1.165) is 24.9 Å². The molecule has 9 heteroatoms. The van der Waals surface area contributed by atoms with Crippen LogP contribution in [0.5, 0.6) is 11.9 Å². The number of nitrogens with zero attached hydrogens (tertiary/aromatic N) is 4. The van der Waals surface area contributed by atoms with Gasteiger partial charge in [-0.25, -0.2) is 13.8 Å². The van der Waals surface area contributed by atoms with Crippen LogP contribution in [-0.2, 0) is 6.61 Å². The standard InChI is InChI=1S/C22H21ClF2N4O2/c23-19-17(25)18-16(10-26-19)20(30-12-14-5-2-1-3-6-14)28-21(27-18)31-13-22-7-4-8-29(22)11-15(24)9-22/h1-3,5-6,10,15H,4,7-9,11-13H2/t15-,22-/m1/s1. The zero-order valence-electron chi connectivity index (χ0n) is 16.7. The first kappa shape index (κ1) is 20.3. The maximum atomic E-state index is 14.7. The zero-order chi connectivity index (χ0) is 21.4. The molecule has 0 unspecified atom stereocenters. The lowest BCUT2D eigenvalue weighted by Crippen LogP contribution is -2.43. The third-order valence-corrected chi connectivity index (χ3v) is 6.30. The molecule has 2 aliphatic heterocycles. The van der Waals surface area contributed by atoms with E-state index in [1.807, 2.05) is 30.3 Å². The van der Waals surface area contributed by atoms with E-state index in [4.69, 9.17) is 21.1 Å². The largest absolute Gasteiger partial charge is 0.472 e. The molecule has 5 rings (SSSR count). The van der Waals surface area contributed by atoms with Crippen molar-refractivity contribution in [1.82, 2.24) is 19.9 Å². The van der Waals surface area contributed by atoms with Crippen molar-refractivity contribution in [1.29, 1.82) is 0 Å². The average molecular weight is 447 g/mol. The fourth-order valence-electron chi connectivity index (χ4n) is 4.54. The molecular formula is C22H21ClF2N4O2. The first-order chi connectivity index (χ1) is 15.0. The first-order valence-electron chi connectivity index (χ1n) is 10.2. The second-order valence-electron chi connectivity index (χ2n) is 8.07. The fourth-order valence-corrected chi connectivity index (χ4v) is 4.67. The average Bonchev–Trinajstić information content (AvgIpc) is 3.30. The molecule has 2 fully saturated rings. The Hall–Kier alpha value is -2.58. The minimum atomic E-state index is -0.867. The van der Waals surface area contributed by atoms with E-state index in [2.05, 4.69) is 19.9 Å². The molecule has 2 atom stereocenters. The number of aromatic nitrogens is 3. The van der Waals surface area contributed by atoms with E-state index in [0.29, 0.717) is 18.4 Å². The minimum Gasteiger partial charge on any atom is -0.472 e. The summed E-state index contributed by atoms with van der Waals surface area (Å²) >= 11 is 5.86. The van der Waals surface area contributed by atoms with Crippen LogP contribution in [0.4, 0.5) is 8.78 Å². The number of ether oxygens (including phenoxy) is 2. The van der Waals surface area contributed by atoms with Gasteiger partial charge >= 0.3 is 6.01 Å². The molecule has 0 N–H and O–H groups in total. The van der Waals surface area contributed by atoms with Gasteiger partial charge < -0.3 is 9.47 Å². The quantitative estimate of drug-likeness (QED) is 0.525. The van der Waals surface area contributed by atoms with E-state index in [1.165, 1.54) is 6.20 Å². The smallest absolute Gasteiger partial charge is 0.320 e. The normalized spacial score (nSPS) is 23.3. The lowest BCUT2D eigenvalue weighted by atomic mass is 9.95. The van der Waals surface area contributed by atoms with Crippen LogP contribution in [0.3, 0.4) is 0 Å². The predicted molar refractivity (Wildman–Crippen MR) is 112 cm³/mol. The molecule has 2 saturated heterocycles. The summed E-state index contributed by atoms with van der Waals surface area (Å²) in [6.07, 6.45) is 2.78. The Bertz CT molecular complexity index is 1100. The van der Waals surface area contributed by atoms with E-state index < -0.39 is 12.0 Å². The molecule has 2 aliphatic rings. The lowest BCUT2D eigenvalue weighted by Gasteiger charge is -2.30. The number of rotatable bonds is 6. The molecule has 0 spiro atoms. The summed E-state index contributed by atoms with van der Waals surface area (Å²) in [5, 5.41) is 0.0123. The van der Waals surface area contributed by atoms with E-state index in [-0.39, 0.29) is 41.3 Å². The number of pyridine rings is 1. The molecule has 162 valence electrons. The van der Waals surface area contributed by atoms with Crippen molar-refractivity contribution in [2.45, 2.75) is 37.6 Å². The number of hydrogen-bond acceptors (Lipinski definition) is 6. The van der Waals surface area contributed by atoms with E-state index in [1.54, 1.807) is 0 Å². The highest BCUT2D eigenvalue weighted by Crippen LogP contribution is 2.40. The topological polar surface area (TPSA) is 60.4 Å². The zero-order valence-corrected chi connectivity index (χ0v) is 17.5. The molecule has 4 heterocycles. The fraction of sp³-hybridized carbons (Fsp3) is 0.409. The molecule has 0 amide bonds. The van der Waals surface area contributed by atoms with E-state index in [9.17, 15) is 8.78 Å². The van der Waals surface area contributed by atoms with Gasteiger partial charge in [0.25, 0.3) is 0 Å².